The maximum Gasteiger partial charge on any atom is 0.291 e. The molecule has 0 spiro atoms. The van der Waals surface area contributed by atoms with Gasteiger partial charge in [-0.25, -0.2) is 0 Å². The quantitative estimate of drug-likeness (QED) is 0.408. The predicted octanol–water partition coefficient (Wildman–Crippen LogP) is 5.87. The van der Waals surface area contributed by atoms with Crippen molar-refractivity contribution in [1.82, 2.24) is 4.90 Å². The second-order valence-corrected chi connectivity index (χ2v) is 8.84. The van der Waals surface area contributed by atoms with Gasteiger partial charge < -0.3 is 13.7 Å². The van der Waals surface area contributed by atoms with Gasteiger partial charge in [0, 0.05) is 0 Å². The molecule has 0 saturated carbocycles. The summed E-state index contributed by atoms with van der Waals surface area (Å²) in [6.45, 7) is 8.46. The summed E-state index contributed by atoms with van der Waals surface area (Å²) in [5.74, 6) is 0.862. The zero-order valence-corrected chi connectivity index (χ0v) is 18.6. The van der Waals surface area contributed by atoms with Crippen molar-refractivity contribution >= 4 is 16.9 Å². The summed E-state index contributed by atoms with van der Waals surface area (Å²) >= 11 is 0. The first-order chi connectivity index (χ1) is 15.3. The van der Waals surface area contributed by atoms with E-state index in [4.69, 9.17) is 8.83 Å². The van der Waals surface area contributed by atoms with Gasteiger partial charge in [0.25, 0.3) is 5.91 Å². The lowest BCUT2D eigenvalue weighted by Gasteiger charge is -2.24. The molecule has 0 unspecified atom stereocenters. The number of fused-ring (bicyclic) bond motifs is 2. The first kappa shape index (κ1) is 20.3. The number of carbonyl (C=O) groups is 1. The second-order valence-electron chi connectivity index (χ2n) is 8.84. The lowest BCUT2D eigenvalue weighted by molar-refractivity contribution is 0.0701. The van der Waals surface area contributed by atoms with E-state index in [1.54, 1.807) is 17.2 Å². The molecule has 3 heterocycles. The molecule has 1 atom stereocenters. The Morgan fingerprint density at radius 1 is 1.00 bits per heavy atom. The third-order valence-electron chi connectivity index (χ3n) is 6.41. The number of carbonyl (C=O) groups excluding carboxylic acids is 1. The molecule has 1 aliphatic heterocycles. The maximum atomic E-state index is 13.7. The molecule has 2 aromatic carbocycles. The fraction of sp³-hybridized carbons (Fsp3) is 0.259. The first-order valence-electron chi connectivity index (χ1n) is 10.9. The molecule has 5 heteroatoms. The molecule has 1 aliphatic rings. The molecule has 32 heavy (non-hydrogen) atoms. The van der Waals surface area contributed by atoms with E-state index in [0.717, 1.165) is 16.7 Å². The summed E-state index contributed by atoms with van der Waals surface area (Å²) in [7, 11) is 0. The minimum atomic E-state index is -0.536. The molecule has 0 radical (unpaired) electrons. The highest BCUT2D eigenvalue weighted by atomic mass is 16.3. The molecular weight excluding hydrogens is 402 g/mol. The van der Waals surface area contributed by atoms with Crippen LogP contribution in [-0.4, -0.2) is 10.8 Å². The van der Waals surface area contributed by atoms with Crippen LogP contribution in [0, 0.1) is 13.8 Å². The van der Waals surface area contributed by atoms with Crippen LogP contribution in [0.3, 0.4) is 0 Å². The second kappa shape index (κ2) is 7.52. The van der Waals surface area contributed by atoms with Crippen LogP contribution in [0.25, 0.3) is 11.0 Å². The number of hydrogen-bond donors (Lipinski definition) is 0. The minimum absolute atomic E-state index is 0.121. The van der Waals surface area contributed by atoms with Gasteiger partial charge in [-0.3, -0.25) is 9.59 Å². The van der Waals surface area contributed by atoms with Crippen molar-refractivity contribution in [2.75, 3.05) is 0 Å². The molecule has 5 rings (SSSR count). The van der Waals surface area contributed by atoms with Crippen LogP contribution in [-0.2, 0) is 6.54 Å². The van der Waals surface area contributed by atoms with E-state index in [0.29, 0.717) is 28.2 Å². The van der Waals surface area contributed by atoms with Crippen molar-refractivity contribution in [1.29, 1.82) is 0 Å². The van der Waals surface area contributed by atoms with Gasteiger partial charge in [-0.2, -0.15) is 0 Å². The number of hydrogen-bond acceptors (Lipinski definition) is 4. The zero-order valence-electron chi connectivity index (χ0n) is 18.6. The van der Waals surface area contributed by atoms with Crippen molar-refractivity contribution in [3.05, 3.63) is 104 Å². The topological polar surface area (TPSA) is 63.7 Å². The summed E-state index contributed by atoms with van der Waals surface area (Å²) in [6.07, 6.45) is 1.58. The first-order valence-corrected chi connectivity index (χ1v) is 10.9. The van der Waals surface area contributed by atoms with Gasteiger partial charge in [0.2, 0.25) is 5.76 Å². The Balaban J connectivity index is 1.73. The van der Waals surface area contributed by atoms with E-state index in [1.165, 1.54) is 5.56 Å². The van der Waals surface area contributed by atoms with Gasteiger partial charge in [0.05, 0.1) is 29.8 Å². The SMILES string of the molecule is Cc1cc2oc3c(c(=O)c2cc1C)[C@@H](c1ccc(C(C)C)cc1)N(Cc1ccco1)C3=O. The molecule has 0 N–H and O–H groups in total. The van der Waals surface area contributed by atoms with Crippen LogP contribution < -0.4 is 5.43 Å². The highest BCUT2D eigenvalue weighted by molar-refractivity contribution is 5.99. The number of aryl methyl sites for hydroxylation is 2. The van der Waals surface area contributed by atoms with Crippen molar-refractivity contribution in [2.45, 2.75) is 46.2 Å². The van der Waals surface area contributed by atoms with Gasteiger partial charge in [-0.1, -0.05) is 38.1 Å². The molecule has 5 nitrogen and oxygen atoms in total. The Morgan fingerprint density at radius 2 is 1.72 bits per heavy atom. The lowest BCUT2D eigenvalue weighted by atomic mass is 9.95. The number of rotatable bonds is 4. The molecule has 0 aliphatic carbocycles. The van der Waals surface area contributed by atoms with Gasteiger partial charge in [0.1, 0.15) is 11.3 Å². The predicted molar refractivity (Wildman–Crippen MR) is 123 cm³/mol. The van der Waals surface area contributed by atoms with Crippen molar-refractivity contribution in [3.63, 3.8) is 0 Å². The zero-order chi connectivity index (χ0) is 22.6. The Hall–Kier alpha value is -3.60. The Bertz CT molecular complexity index is 1380. The standard InChI is InChI=1S/C27H25NO4/c1-15(2)18-7-9-19(10-8-18)24-23-25(29)21-12-16(3)17(4)13-22(21)32-26(23)27(30)28(24)14-20-6-5-11-31-20/h5-13,15,24H,14H2,1-4H3/t24-/m1/s1. The summed E-state index contributed by atoms with van der Waals surface area (Å²) in [5.41, 5.74) is 4.79. The normalized spacial score (nSPS) is 15.7. The smallest absolute Gasteiger partial charge is 0.291 e. The van der Waals surface area contributed by atoms with Crippen LogP contribution in [0.5, 0.6) is 0 Å². The molecular formula is C27H25NO4. The van der Waals surface area contributed by atoms with E-state index in [9.17, 15) is 9.59 Å². The largest absolute Gasteiger partial charge is 0.467 e. The molecule has 2 aromatic heterocycles. The van der Waals surface area contributed by atoms with Crippen molar-refractivity contribution < 1.29 is 13.6 Å². The number of benzene rings is 2. The van der Waals surface area contributed by atoms with E-state index in [1.807, 2.05) is 44.2 Å². The Labute approximate surface area is 186 Å². The summed E-state index contributed by atoms with van der Waals surface area (Å²) in [5, 5.41) is 0.503. The Morgan fingerprint density at radius 3 is 2.38 bits per heavy atom. The number of amides is 1. The number of nitrogens with zero attached hydrogens (tertiary/aromatic N) is 1. The third-order valence-corrected chi connectivity index (χ3v) is 6.41. The average molecular weight is 428 g/mol. The van der Waals surface area contributed by atoms with Crippen molar-refractivity contribution in [3.8, 4) is 0 Å². The van der Waals surface area contributed by atoms with Crippen LogP contribution in [0.15, 0.2) is 68.4 Å². The number of furan rings is 1. The highest BCUT2D eigenvalue weighted by Gasteiger charge is 2.43. The highest BCUT2D eigenvalue weighted by Crippen LogP contribution is 2.39. The summed E-state index contributed by atoms with van der Waals surface area (Å²) in [6, 6.07) is 14.9. The molecule has 0 bridgehead atoms. The van der Waals surface area contributed by atoms with Gasteiger partial charge in [-0.05, 0) is 66.3 Å². The lowest BCUT2D eigenvalue weighted by Crippen LogP contribution is -2.29. The van der Waals surface area contributed by atoms with Crippen molar-refractivity contribution in [2.24, 2.45) is 0 Å². The fourth-order valence-electron chi connectivity index (χ4n) is 4.42. The Kier molecular flexibility index (Phi) is 4.77. The van der Waals surface area contributed by atoms with Gasteiger partial charge >= 0.3 is 0 Å². The monoisotopic (exact) mass is 427 g/mol. The van der Waals surface area contributed by atoms with Crippen LogP contribution in [0.4, 0.5) is 0 Å². The average Bonchev–Trinajstić information content (AvgIpc) is 3.38. The molecule has 0 fully saturated rings. The van der Waals surface area contributed by atoms with Gasteiger partial charge in [0.15, 0.2) is 5.43 Å². The van der Waals surface area contributed by atoms with Gasteiger partial charge in [-0.15, -0.1) is 0 Å². The van der Waals surface area contributed by atoms with E-state index < -0.39 is 6.04 Å². The molecule has 4 aromatic rings. The fourth-order valence-corrected chi connectivity index (χ4v) is 4.42. The van der Waals surface area contributed by atoms with E-state index in [2.05, 4.69) is 26.0 Å². The maximum absolute atomic E-state index is 13.7. The summed E-state index contributed by atoms with van der Waals surface area (Å²) < 4.78 is 11.6. The van der Waals surface area contributed by atoms with Crippen LogP contribution >= 0.6 is 0 Å². The molecule has 162 valence electrons. The van der Waals surface area contributed by atoms with E-state index >= 15 is 0 Å². The van der Waals surface area contributed by atoms with Crippen LogP contribution in [0.2, 0.25) is 0 Å². The molecule has 1 amide bonds. The minimum Gasteiger partial charge on any atom is -0.467 e. The molecule has 0 saturated heterocycles. The van der Waals surface area contributed by atoms with E-state index in [-0.39, 0.29) is 23.6 Å². The van der Waals surface area contributed by atoms with Crippen LogP contribution in [0.1, 0.15) is 69.9 Å². The third kappa shape index (κ3) is 3.16. The summed E-state index contributed by atoms with van der Waals surface area (Å²) in [4.78, 5) is 28.8.